The molecule has 2 aromatic carbocycles. The number of carbonyl (C=O) groups is 3. The molecule has 3 amide bonds. The lowest BCUT2D eigenvalue weighted by Crippen LogP contribution is -2.42. The zero-order valence-corrected chi connectivity index (χ0v) is 16.7. The molecule has 4 rings (SSSR count). The first-order chi connectivity index (χ1) is 15.1. The molecule has 31 heavy (non-hydrogen) atoms. The smallest absolute Gasteiger partial charge is 0.305 e. The van der Waals surface area contributed by atoms with E-state index in [1.54, 1.807) is 35.2 Å². The summed E-state index contributed by atoms with van der Waals surface area (Å²) in [5.41, 5.74) is 5.54. The van der Waals surface area contributed by atoms with Gasteiger partial charge in [-0.1, -0.05) is 30.3 Å². The molecule has 0 radical (unpaired) electrons. The molecule has 0 aliphatic carbocycles. The van der Waals surface area contributed by atoms with Crippen LogP contribution in [0.2, 0.25) is 0 Å². The van der Waals surface area contributed by atoms with Crippen molar-refractivity contribution < 1.29 is 23.5 Å². The monoisotopic (exact) mass is 419 g/mol. The lowest BCUT2D eigenvalue weighted by Gasteiger charge is -2.19. The summed E-state index contributed by atoms with van der Waals surface area (Å²) in [6, 6.07) is 19.2. The summed E-state index contributed by atoms with van der Waals surface area (Å²) in [4.78, 5) is 38.6. The van der Waals surface area contributed by atoms with Crippen LogP contribution in [0.1, 0.15) is 39.5 Å². The maximum atomic E-state index is 12.6. The minimum atomic E-state index is -0.603. The number of hydrazine groups is 1. The van der Waals surface area contributed by atoms with Crippen LogP contribution in [0.5, 0.6) is 5.75 Å². The average Bonchev–Trinajstić information content (AvgIpc) is 3.45. The van der Waals surface area contributed by atoms with Gasteiger partial charge in [0.05, 0.1) is 11.3 Å². The molecule has 1 aromatic heterocycles. The summed E-state index contributed by atoms with van der Waals surface area (Å²) < 4.78 is 11.1. The molecular formula is C23H21N3O5. The number of nitrogens with zero attached hydrogens (tertiary/aromatic N) is 1. The number of anilines is 1. The van der Waals surface area contributed by atoms with Crippen LogP contribution in [-0.2, 0) is 11.4 Å². The lowest BCUT2D eigenvalue weighted by atomic mass is 10.1. The Bertz CT molecular complexity index is 1090. The van der Waals surface area contributed by atoms with Crippen LogP contribution in [0.15, 0.2) is 71.1 Å². The number of rotatable bonds is 6. The molecule has 158 valence electrons. The maximum Gasteiger partial charge on any atom is 0.305 e. The average molecular weight is 419 g/mol. The van der Waals surface area contributed by atoms with Crippen LogP contribution in [0.25, 0.3) is 0 Å². The van der Waals surface area contributed by atoms with Crippen molar-refractivity contribution >= 4 is 23.4 Å². The molecule has 2 heterocycles. The van der Waals surface area contributed by atoms with Crippen molar-refractivity contribution in [3.8, 4) is 5.75 Å². The van der Waals surface area contributed by atoms with Gasteiger partial charge in [0.1, 0.15) is 18.1 Å². The Balaban J connectivity index is 1.35. The number of amides is 3. The first-order valence-electron chi connectivity index (χ1n) is 9.88. The highest BCUT2D eigenvalue weighted by molar-refractivity contribution is 6.06. The molecule has 1 fully saturated rings. The summed E-state index contributed by atoms with van der Waals surface area (Å²) in [7, 11) is 0. The van der Waals surface area contributed by atoms with Crippen molar-refractivity contribution in [2.75, 3.05) is 11.4 Å². The molecule has 0 saturated carbocycles. The molecule has 3 aromatic rings. The summed E-state index contributed by atoms with van der Waals surface area (Å²) in [5.74, 6) is 0.0440. The Morgan fingerprint density at radius 3 is 2.45 bits per heavy atom. The second kappa shape index (κ2) is 9.17. The number of para-hydroxylation sites is 2. The third-order valence-electron chi connectivity index (χ3n) is 4.81. The van der Waals surface area contributed by atoms with Gasteiger partial charge >= 0.3 is 5.91 Å². The van der Waals surface area contributed by atoms with Crippen LogP contribution in [0.4, 0.5) is 5.69 Å². The van der Waals surface area contributed by atoms with Gasteiger partial charge in [-0.2, -0.15) is 0 Å². The van der Waals surface area contributed by atoms with Gasteiger partial charge in [-0.05, 0) is 42.8 Å². The maximum absolute atomic E-state index is 12.6. The van der Waals surface area contributed by atoms with E-state index in [1.807, 2.05) is 30.3 Å². The van der Waals surface area contributed by atoms with E-state index in [1.165, 1.54) is 6.07 Å². The van der Waals surface area contributed by atoms with Crippen molar-refractivity contribution in [3.05, 3.63) is 83.8 Å². The predicted molar refractivity (Wildman–Crippen MR) is 112 cm³/mol. The van der Waals surface area contributed by atoms with E-state index >= 15 is 0 Å². The molecular weight excluding hydrogens is 398 g/mol. The topological polar surface area (TPSA) is 101 Å². The number of nitrogens with one attached hydrogen (secondary N) is 2. The van der Waals surface area contributed by atoms with Gasteiger partial charge in [0.2, 0.25) is 5.91 Å². The van der Waals surface area contributed by atoms with Crippen LogP contribution in [-0.4, -0.2) is 24.3 Å². The van der Waals surface area contributed by atoms with E-state index in [-0.39, 0.29) is 18.3 Å². The summed E-state index contributed by atoms with van der Waals surface area (Å²) in [6.45, 7) is 0.733. The molecule has 0 atom stereocenters. The van der Waals surface area contributed by atoms with Crippen LogP contribution in [0, 0.1) is 0 Å². The van der Waals surface area contributed by atoms with Crippen molar-refractivity contribution in [2.45, 2.75) is 19.4 Å². The highest BCUT2D eigenvalue weighted by Crippen LogP contribution is 2.25. The molecule has 1 aliphatic heterocycles. The van der Waals surface area contributed by atoms with Crippen molar-refractivity contribution in [1.29, 1.82) is 0 Å². The highest BCUT2D eigenvalue weighted by Gasteiger charge is 2.25. The van der Waals surface area contributed by atoms with E-state index in [4.69, 9.17) is 9.15 Å². The minimum absolute atomic E-state index is 0.0230. The third-order valence-corrected chi connectivity index (χ3v) is 4.81. The fourth-order valence-corrected chi connectivity index (χ4v) is 3.30. The van der Waals surface area contributed by atoms with Gasteiger partial charge in [0.25, 0.3) is 5.91 Å². The molecule has 1 saturated heterocycles. The normalized spacial score (nSPS) is 13.2. The quantitative estimate of drug-likeness (QED) is 0.598. The van der Waals surface area contributed by atoms with Gasteiger partial charge in [0.15, 0.2) is 5.76 Å². The van der Waals surface area contributed by atoms with Gasteiger partial charge in [-0.3, -0.25) is 25.2 Å². The van der Waals surface area contributed by atoms with Crippen molar-refractivity contribution in [1.82, 2.24) is 10.9 Å². The van der Waals surface area contributed by atoms with Crippen LogP contribution >= 0.6 is 0 Å². The van der Waals surface area contributed by atoms with E-state index in [0.29, 0.717) is 35.7 Å². The second-order valence-electron chi connectivity index (χ2n) is 6.94. The summed E-state index contributed by atoms with van der Waals surface area (Å²) in [5, 5.41) is 0. The third kappa shape index (κ3) is 4.75. The Morgan fingerprint density at radius 1 is 0.935 bits per heavy atom. The summed E-state index contributed by atoms with van der Waals surface area (Å²) in [6.07, 6.45) is 1.21. The number of hydrogen-bond donors (Lipinski definition) is 2. The number of benzene rings is 2. The molecule has 0 unspecified atom stereocenters. The first-order valence-corrected chi connectivity index (χ1v) is 9.88. The largest absolute Gasteiger partial charge is 0.486 e. The highest BCUT2D eigenvalue weighted by atomic mass is 16.5. The van der Waals surface area contributed by atoms with E-state index in [2.05, 4.69) is 10.9 Å². The zero-order valence-electron chi connectivity index (χ0n) is 16.7. The molecule has 0 spiro atoms. The Labute approximate surface area is 178 Å². The van der Waals surface area contributed by atoms with Crippen LogP contribution in [0.3, 0.4) is 0 Å². The standard InChI is InChI=1S/C23H21N3O5/c27-21-11-6-14-26(21)19-10-5-4-9-18(19)22(28)24-25-23(29)20-13-12-17(31-20)15-30-16-7-2-1-3-8-16/h1-5,7-10,12-13H,6,11,14-15H2,(H,24,28)(H,25,29). The van der Waals surface area contributed by atoms with Gasteiger partial charge < -0.3 is 14.1 Å². The number of furan rings is 1. The SMILES string of the molecule is O=C(NNC(=O)c1ccccc1N1CCCC1=O)c1ccc(COc2ccccc2)o1. The number of carbonyl (C=O) groups excluding carboxylic acids is 3. The second-order valence-corrected chi connectivity index (χ2v) is 6.94. The minimum Gasteiger partial charge on any atom is -0.486 e. The Kier molecular flexibility index (Phi) is 5.98. The number of hydrogen-bond acceptors (Lipinski definition) is 5. The van der Waals surface area contributed by atoms with Gasteiger partial charge in [-0.25, -0.2) is 0 Å². The van der Waals surface area contributed by atoms with Crippen molar-refractivity contribution in [3.63, 3.8) is 0 Å². The number of ether oxygens (including phenoxy) is 1. The molecule has 8 heteroatoms. The van der Waals surface area contributed by atoms with Gasteiger partial charge in [0, 0.05) is 13.0 Å². The lowest BCUT2D eigenvalue weighted by molar-refractivity contribution is -0.117. The molecule has 1 aliphatic rings. The first kappa shape index (κ1) is 20.2. The summed E-state index contributed by atoms with van der Waals surface area (Å²) >= 11 is 0. The van der Waals surface area contributed by atoms with Crippen LogP contribution < -0.4 is 20.5 Å². The van der Waals surface area contributed by atoms with E-state index in [0.717, 1.165) is 6.42 Å². The van der Waals surface area contributed by atoms with Gasteiger partial charge in [-0.15, -0.1) is 0 Å². The fraction of sp³-hybridized carbons (Fsp3) is 0.174. The Hall–Kier alpha value is -4.07. The van der Waals surface area contributed by atoms with Crippen molar-refractivity contribution in [2.24, 2.45) is 0 Å². The predicted octanol–water partition coefficient (Wildman–Crippen LogP) is 3.06. The molecule has 8 nitrogen and oxygen atoms in total. The van der Waals surface area contributed by atoms with E-state index in [9.17, 15) is 14.4 Å². The molecule has 2 N–H and O–H groups in total. The fourth-order valence-electron chi connectivity index (χ4n) is 3.30. The Morgan fingerprint density at radius 2 is 1.68 bits per heavy atom. The van der Waals surface area contributed by atoms with E-state index < -0.39 is 11.8 Å². The molecule has 0 bridgehead atoms. The zero-order chi connectivity index (χ0) is 21.6.